The number of carboxylic acids is 1. The second-order valence-corrected chi connectivity index (χ2v) is 3.36. The van der Waals surface area contributed by atoms with Crippen molar-refractivity contribution in [3.8, 4) is 11.5 Å². The molecule has 0 bridgehead atoms. The first kappa shape index (κ1) is 11.1. The van der Waals surface area contributed by atoms with E-state index in [0.717, 1.165) is 0 Å². The highest BCUT2D eigenvalue weighted by atomic mass is 16.5. The van der Waals surface area contributed by atoms with E-state index in [1.54, 1.807) is 0 Å². The van der Waals surface area contributed by atoms with Crippen LogP contribution in [0, 0.1) is 0 Å². The summed E-state index contributed by atoms with van der Waals surface area (Å²) in [6, 6.07) is 2.88. The van der Waals surface area contributed by atoms with Gasteiger partial charge in [0.05, 0.1) is 25.3 Å². The molecule has 1 heterocycles. The fourth-order valence-corrected chi connectivity index (χ4v) is 1.65. The van der Waals surface area contributed by atoms with Gasteiger partial charge in [0.25, 0.3) is 0 Å². The first-order valence-electron chi connectivity index (χ1n) is 4.75. The highest BCUT2D eigenvalue weighted by molar-refractivity contribution is 6.00. The number of benzene rings is 1. The van der Waals surface area contributed by atoms with Gasteiger partial charge >= 0.3 is 5.97 Å². The predicted octanol–water partition coefficient (Wildman–Crippen LogP) is 1.73. The number of carbonyl (C=O) groups is 1. The van der Waals surface area contributed by atoms with Crippen molar-refractivity contribution in [1.82, 2.24) is 0 Å². The van der Waals surface area contributed by atoms with Gasteiger partial charge in [-0.1, -0.05) is 0 Å². The Morgan fingerprint density at radius 2 is 2.06 bits per heavy atom. The molecule has 0 fully saturated rings. The summed E-state index contributed by atoms with van der Waals surface area (Å²) in [7, 11) is 2.93. The molecule has 0 aliphatic heterocycles. The number of hydrogen-bond donors (Lipinski definition) is 2. The molecule has 0 aliphatic rings. The zero-order chi connectivity index (χ0) is 12.6. The molecular formula is C11H11NO5. The fraction of sp³-hybridized carbons (Fsp3) is 0.182. The molecule has 90 valence electrons. The Morgan fingerprint density at radius 1 is 1.35 bits per heavy atom. The van der Waals surface area contributed by atoms with E-state index in [9.17, 15) is 4.79 Å². The maximum atomic E-state index is 10.8. The van der Waals surface area contributed by atoms with Crippen LogP contribution in [0.5, 0.6) is 11.5 Å². The minimum atomic E-state index is -1.17. The second-order valence-electron chi connectivity index (χ2n) is 3.36. The summed E-state index contributed by atoms with van der Waals surface area (Å²) in [4.78, 5) is 10.8. The number of anilines is 1. The molecule has 6 heteroatoms. The van der Waals surface area contributed by atoms with Crippen LogP contribution in [0.15, 0.2) is 16.5 Å². The van der Waals surface area contributed by atoms with Crippen LogP contribution in [-0.2, 0) is 0 Å². The largest absolute Gasteiger partial charge is 0.493 e. The van der Waals surface area contributed by atoms with E-state index in [-0.39, 0.29) is 11.3 Å². The standard InChI is InChI=1S/C11H11NO5/c1-15-7-4-6(12)9-5(10(7)16-2)3-8(17-9)11(13)14/h3-4H,12H2,1-2H3,(H,13,14). The molecule has 0 atom stereocenters. The van der Waals surface area contributed by atoms with Crippen LogP contribution >= 0.6 is 0 Å². The van der Waals surface area contributed by atoms with Crippen LogP contribution in [0.1, 0.15) is 10.6 Å². The number of furan rings is 1. The lowest BCUT2D eigenvalue weighted by Crippen LogP contribution is -1.93. The number of methoxy groups -OCH3 is 2. The van der Waals surface area contributed by atoms with E-state index >= 15 is 0 Å². The smallest absolute Gasteiger partial charge is 0.371 e. The average Bonchev–Trinajstić information content (AvgIpc) is 2.74. The van der Waals surface area contributed by atoms with Crippen LogP contribution < -0.4 is 15.2 Å². The molecule has 2 aromatic rings. The minimum Gasteiger partial charge on any atom is -0.493 e. The van der Waals surface area contributed by atoms with Crippen molar-refractivity contribution in [3.05, 3.63) is 17.9 Å². The van der Waals surface area contributed by atoms with Gasteiger partial charge in [0.15, 0.2) is 17.1 Å². The number of ether oxygens (including phenoxy) is 2. The van der Waals surface area contributed by atoms with E-state index in [4.69, 9.17) is 24.7 Å². The number of aromatic carboxylic acids is 1. The zero-order valence-corrected chi connectivity index (χ0v) is 9.31. The highest BCUT2D eigenvalue weighted by Gasteiger charge is 2.19. The average molecular weight is 237 g/mol. The molecule has 0 unspecified atom stereocenters. The monoisotopic (exact) mass is 237 g/mol. The van der Waals surface area contributed by atoms with E-state index in [1.807, 2.05) is 0 Å². The van der Waals surface area contributed by atoms with Crippen molar-refractivity contribution in [1.29, 1.82) is 0 Å². The lowest BCUT2D eigenvalue weighted by Gasteiger charge is -2.08. The Morgan fingerprint density at radius 3 is 2.59 bits per heavy atom. The zero-order valence-electron chi connectivity index (χ0n) is 9.31. The van der Waals surface area contributed by atoms with Gasteiger partial charge in [-0.05, 0) is 0 Å². The lowest BCUT2D eigenvalue weighted by molar-refractivity contribution is 0.0665. The Balaban J connectivity index is 2.81. The SMILES string of the molecule is COc1cc(N)c2oc(C(=O)O)cc2c1OC. The first-order valence-corrected chi connectivity index (χ1v) is 4.75. The van der Waals surface area contributed by atoms with Gasteiger partial charge in [0.1, 0.15) is 0 Å². The predicted molar refractivity (Wildman–Crippen MR) is 60.7 cm³/mol. The van der Waals surface area contributed by atoms with Crippen molar-refractivity contribution < 1.29 is 23.8 Å². The van der Waals surface area contributed by atoms with Gasteiger partial charge in [0, 0.05) is 12.1 Å². The molecule has 0 radical (unpaired) electrons. The molecule has 1 aromatic carbocycles. The third kappa shape index (κ3) is 1.63. The number of hydrogen-bond acceptors (Lipinski definition) is 5. The van der Waals surface area contributed by atoms with E-state index in [1.165, 1.54) is 26.4 Å². The number of carboxylic acid groups (broad SMARTS) is 1. The third-order valence-electron chi connectivity index (χ3n) is 2.38. The first-order chi connectivity index (χ1) is 8.08. The number of nitrogen functional groups attached to an aromatic ring is 1. The molecule has 1 aromatic heterocycles. The maximum absolute atomic E-state index is 10.8. The Hall–Kier alpha value is -2.37. The van der Waals surface area contributed by atoms with E-state index < -0.39 is 5.97 Å². The summed E-state index contributed by atoms with van der Waals surface area (Å²) in [5.74, 6) is -0.539. The summed E-state index contributed by atoms with van der Waals surface area (Å²) in [5.41, 5.74) is 6.32. The van der Waals surface area contributed by atoms with Crippen molar-refractivity contribution in [2.75, 3.05) is 20.0 Å². The molecule has 0 aliphatic carbocycles. The topological polar surface area (TPSA) is 94.9 Å². The quantitative estimate of drug-likeness (QED) is 0.789. The summed E-state index contributed by atoms with van der Waals surface area (Å²) < 4.78 is 15.4. The van der Waals surface area contributed by atoms with Gasteiger partial charge in [-0.2, -0.15) is 0 Å². The molecule has 3 N–H and O–H groups in total. The van der Waals surface area contributed by atoms with Crippen LogP contribution in [-0.4, -0.2) is 25.3 Å². The number of nitrogens with two attached hydrogens (primary N) is 1. The van der Waals surface area contributed by atoms with Crippen LogP contribution in [0.2, 0.25) is 0 Å². The highest BCUT2D eigenvalue weighted by Crippen LogP contribution is 2.40. The Labute approximate surface area is 96.5 Å². The van der Waals surface area contributed by atoms with Crippen molar-refractivity contribution in [2.24, 2.45) is 0 Å². The van der Waals surface area contributed by atoms with Gasteiger partial charge in [-0.3, -0.25) is 0 Å². The number of fused-ring (bicyclic) bond motifs is 1. The normalized spacial score (nSPS) is 10.5. The van der Waals surface area contributed by atoms with Crippen LogP contribution in [0.4, 0.5) is 5.69 Å². The lowest BCUT2D eigenvalue weighted by atomic mass is 10.2. The molecule has 0 saturated heterocycles. The summed E-state index contributed by atoms with van der Waals surface area (Å²) in [5, 5.41) is 9.33. The molecule has 2 rings (SSSR count). The van der Waals surface area contributed by atoms with Crippen molar-refractivity contribution in [3.63, 3.8) is 0 Å². The van der Waals surface area contributed by atoms with Gasteiger partial charge in [-0.15, -0.1) is 0 Å². The molecule has 0 amide bonds. The van der Waals surface area contributed by atoms with Crippen molar-refractivity contribution in [2.45, 2.75) is 0 Å². The molecule has 0 saturated carbocycles. The maximum Gasteiger partial charge on any atom is 0.371 e. The molecule has 0 spiro atoms. The second kappa shape index (κ2) is 3.89. The third-order valence-corrected chi connectivity index (χ3v) is 2.38. The van der Waals surface area contributed by atoms with E-state index in [0.29, 0.717) is 22.6 Å². The fourth-order valence-electron chi connectivity index (χ4n) is 1.65. The molecular weight excluding hydrogens is 226 g/mol. The minimum absolute atomic E-state index is 0.196. The summed E-state index contributed by atoms with van der Waals surface area (Å²) in [6.45, 7) is 0. The Kier molecular flexibility index (Phi) is 2.55. The molecule has 6 nitrogen and oxygen atoms in total. The van der Waals surface area contributed by atoms with Crippen LogP contribution in [0.3, 0.4) is 0 Å². The number of rotatable bonds is 3. The van der Waals surface area contributed by atoms with E-state index in [2.05, 4.69) is 0 Å². The molecule has 17 heavy (non-hydrogen) atoms. The van der Waals surface area contributed by atoms with Gasteiger partial charge in [-0.25, -0.2) is 4.79 Å². The summed E-state index contributed by atoms with van der Waals surface area (Å²) in [6.07, 6.45) is 0. The Bertz CT molecular complexity index is 587. The van der Waals surface area contributed by atoms with Gasteiger partial charge < -0.3 is 24.7 Å². The van der Waals surface area contributed by atoms with Crippen LogP contribution in [0.25, 0.3) is 11.0 Å². The van der Waals surface area contributed by atoms with Gasteiger partial charge in [0.2, 0.25) is 5.76 Å². The van der Waals surface area contributed by atoms with Crippen molar-refractivity contribution >= 4 is 22.6 Å². The summed E-state index contributed by atoms with van der Waals surface area (Å²) >= 11 is 0.